The number of rotatable bonds is 1. The van der Waals surface area contributed by atoms with Gasteiger partial charge in [0.1, 0.15) is 5.76 Å². The molecule has 1 saturated heterocycles. The maximum atomic E-state index is 11.9. The molecule has 0 aliphatic carbocycles. The second-order valence-corrected chi connectivity index (χ2v) is 4.21. The monoisotopic (exact) mass is 253 g/mol. The van der Waals surface area contributed by atoms with E-state index in [1.807, 2.05) is 6.92 Å². The Bertz CT molecular complexity index is 457. The third-order valence-electron chi connectivity index (χ3n) is 2.59. The van der Waals surface area contributed by atoms with E-state index >= 15 is 0 Å². The summed E-state index contributed by atoms with van der Waals surface area (Å²) in [7, 11) is 0. The van der Waals surface area contributed by atoms with E-state index in [9.17, 15) is 9.59 Å². The molecular formula is C11H15N3O4. The van der Waals surface area contributed by atoms with Gasteiger partial charge < -0.3 is 14.2 Å². The number of aryl methyl sites for hydroxylation is 1. The zero-order valence-electron chi connectivity index (χ0n) is 10.3. The number of hydrogen-bond acceptors (Lipinski definition) is 5. The molecule has 2 amide bonds. The molecule has 1 aliphatic heterocycles. The molecule has 1 N–H and O–H groups in total. The van der Waals surface area contributed by atoms with Crippen LogP contribution in [0.5, 0.6) is 0 Å². The van der Waals surface area contributed by atoms with Crippen molar-refractivity contribution in [1.29, 1.82) is 0 Å². The van der Waals surface area contributed by atoms with Crippen molar-refractivity contribution in [3.8, 4) is 0 Å². The first kappa shape index (κ1) is 12.6. The van der Waals surface area contributed by atoms with Gasteiger partial charge in [-0.2, -0.15) is 0 Å². The number of anilines is 1. The molecule has 18 heavy (non-hydrogen) atoms. The quantitative estimate of drug-likeness (QED) is 0.721. The Morgan fingerprint density at radius 3 is 2.94 bits per heavy atom. The second kappa shape index (κ2) is 5.18. The first-order valence-electron chi connectivity index (χ1n) is 5.71. The van der Waals surface area contributed by atoms with Crippen LogP contribution in [-0.4, -0.2) is 47.7 Å². The van der Waals surface area contributed by atoms with Crippen LogP contribution in [0, 0.1) is 6.92 Å². The van der Waals surface area contributed by atoms with E-state index in [1.54, 1.807) is 13.0 Å². The number of aromatic nitrogens is 1. The molecular weight excluding hydrogens is 238 g/mol. The Morgan fingerprint density at radius 2 is 2.33 bits per heavy atom. The summed E-state index contributed by atoms with van der Waals surface area (Å²) < 4.78 is 10.1. The van der Waals surface area contributed by atoms with Gasteiger partial charge in [0.2, 0.25) is 0 Å². The van der Waals surface area contributed by atoms with Crippen molar-refractivity contribution in [2.45, 2.75) is 20.0 Å². The van der Waals surface area contributed by atoms with Gasteiger partial charge in [0, 0.05) is 19.2 Å². The zero-order valence-corrected chi connectivity index (χ0v) is 10.3. The Morgan fingerprint density at radius 1 is 1.56 bits per heavy atom. The molecule has 2 rings (SSSR count). The van der Waals surface area contributed by atoms with Crippen molar-refractivity contribution >= 4 is 17.6 Å². The van der Waals surface area contributed by atoms with Crippen LogP contribution in [0.1, 0.15) is 12.7 Å². The molecule has 0 spiro atoms. The average molecular weight is 253 g/mol. The first-order chi connectivity index (χ1) is 8.56. The van der Waals surface area contributed by atoms with Gasteiger partial charge in [0.15, 0.2) is 5.82 Å². The van der Waals surface area contributed by atoms with Gasteiger partial charge in [-0.05, 0) is 13.8 Å². The Hall–Kier alpha value is -1.89. The molecule has 1 aliphatic rings. The van der Waals surface area contributed by atoms with E-state index < -0.39 is 11.8 Å². The molecule has 2 heterocycles. The highest BCUT2D eigenvalue weighted by atomic mass is 16.5. The van der Waals surface area contributed by atoms with E-state index in [0.29, 0.717) is 25.5 Å². The minimum absolute atomic E-state index is 0.0511. The number of amides is 2. The van der Waals surface area contributed by atoms with Crippen molar-refractivity contribution in [2.24, 2.45) is 0 Å². The highest BCUT2D eigenvalue weighted by molar-refractivity contribution is 6.39. The summed E-state index contributed by atoms with van der Waals surface area (Å²) in [6, 6.07) is 1.55. The molecule has 0 saturated carbocycles. The zero-order chi connectivity index (χ0) is 13.1. The summed E-state index contributed by atoms with van der Waals surface area (Å²) >= 11 is 0. The number of carbonyl (C=O) groups excluding carboxylic acids is 2. The molecule has 0 aromatic carbocycles. The molecule has 7 nitrogen and oxygen atoms in total. The molecule has 7 heteroatoms. The Kier molecular flexibility index (Phi) is 3.61. The minimum atomic E-state index is -0.711. The molecule has 98 valence electrons. The lowest BCUT2D eigenvalue weighted by molar-refractivity contribution is -0.147. The van der Waals surface area contributed by atoms with Gasteiger partial charge in [-0.3, -0.25) is 14.9 Å². The number of nitrogens with zero attached hydrogens (tertiary/aromatic N) is 2. The minimum Gasteiger partial charge on any atom is -0.375 e. The van der Waals surface area contributed by atoms with Gasteiger partial charge in [-0.25, -0.2) is 0 Å². The smallest absolute Gasteiger partial charge is 0.315 e. The van der Waals surface area contributed by atoms with Crippen molar-refractivity contribution in [3.63, 3.8) is 0 Å². The fourth-order valence-corrected chi connectivity index (χ4v) is 1.74. The van der Waals surface area contributed by atoms with Crippen molar-refractivity contribution in [2.75, 3.05) is 25.0 Å². The number of hydrogen-bond donors (Lipinski definition) is 1. The van der Waals surface area contributed by atoms with E-state index in [4.69, 9.17) is 9.26 Å². The van der Waals surface area contributed by atoms with Crippen molar-refractivity contribution in [1.82, 2.24) is 10.1 Å². The van der Waals surface area contributed by atoms with Crippen LogP contribution in [0.25, 0.3) is 0 Å². The normalized spacial score (nSPS) is 19.7. The van der Waals surface area contributed by atoms with Gasteiger partial charge in [0.05, 0.1) is 12.7 Å². The third kappa shape index (κ3) is 2.86. The summed E-state index contributed by atoms with van der Waals surface area (Å²) in [4.78, 5) is 25.0. The lowest BCUT2D eigenvalue weighted by Gasteiger charge is -2.30. The molecule has 1 aromatic rings. The number of morpholine rings is 1. The van der Waals surface area contributed by atoms with E-state index in [1.165, 1.54) is 4.90 Å². The predicted octanol–water partition coefficient (Wildman–Crippen LogP) is 0.169. The number of ether oxygens (including phenoxy) is 1. The van der Waals surface area contributed by atoms with E-state index in [0.717, 1.165) is 0 Å². The van der Waals surface area contributed by atoms with Gasteiger partial charge >= 0.3 is 11.8 Å². The summed E-state index contributed by atoms with van der Waals surface area (Å²) in [5, 5.41) is 5.99. The van der Waals surface area contributed by atoms with Crippen LogP contribution in [0.3, 0.4) is 0 Å². The van der Waals surface area contributed by atoms with Gasteiger partial charge in [-0.1, -0.05) is 5.16 Å². The Balaban J connectivity index is 1.94. The van der Waals surface area contributed by atoms with Crippen molar-refractivity contribution in [3.05, 3.63) is 11.8 Å². The molecule has 1 atom stereocenters. The predicted molar refractivity (Wildman–Crippen MR) is 61.9 cm³/mol. The van der Waals surface area contributed by atoms with Crippen LogP contribution < -0.4 is 5.32 Å². The van der Waals surface area contributed by atoms with Crippen LogP contribution >= 0.6 is 0 Å². The third-order valence-corrected chi connectivity index (χ3v) is 2.59. The van der Waals surface area contributed by atoms with Crippen LogP contribution in [0.15, 0.2) is 10.6 Å². The topological polar surface area (TPSA) is 84.7 Å². The van der Waals surface area contributed by atoms with E-state index in [2.05, 4.69) is 10.5 Å². The maximum absolute atomic E-state index is 11.9. The fourth-order valence-electron chi connectivity index (χ4n) is 1.74. The van der Waals surface area contributed by atoms with Crippen molar-refractivity contribution < 1.29 is 18.8 Å². The van der Waals surface area contributed by atoms with Gasteiger partial charge in [-0.15, -0.1) is 0 Å². The lowest BCUT2D eigenvalue weighted by Crippen LogP contribution is -2.48. The van der Waals surface area contributed by atoms with Gasteiger partial charge in [0.25, 0.3) is 0 Å². The lowest BCUT2D eigenvalue weighted by atomic mass is 10.3. The average Bonchev–Trinajstić information content (AvgIpc) is 2.73. The summed E-state index contributed by atoms with van der Waals surface area (Å²) in [6.45, 7) is 4.86. The molecule has 1 fully saturated rings. The molecule has 0 bridgehead atoms. The molecule has 1 unspecified atom stereocenters. The van der Waals surface area contributed by atoms with Crippen LogP contribution in [0.2, 0.25) is 0 Å². The molecule has 0 radical (unpaired) electrons. The first-order valence-corrected chi connectivity index (χ1v) is 5.71. The SMILES string of the molecule is Cc1cc(NC(=O)C(=O)N2CCOC(C)C2)no1. The van der Waals surface area contributed by atoms with Crippen LogP contribution in [-0.2, 0) is 14.3 Å². The highest BCUT2D eigenvalue weighted by Crippen LogP contribution is 2.09. The number of nitrogens with one attached hydrogen (secondary N) is 1. The Labute approximate surface area is 104 Å². The highest BCUT2D eigenvalue weighted by Gasteiger charge is 2.26. The summed E-state index contributed by atoms with van der Waals surface area (Å²) in [6.07, 6.45) is -0.0511. The molecule has 1 aromatic heterocycles. The summed E-state index contributed by atoms with van der Waals surface area (Å²) in [5.74, 6) is -0.479. The largest absolute Gasteiger partial charge is 0.375 e. The summed E-state index contributed by atoms with van der Waals surface area (Å²) in [5.41, 5.74) is 0. The van der Waals surface area contributed by atoms with E-state index in [-0.39, 0.29) is 11.9 Å². The number of carbonyl (C=O) groups is 2. The fraction of sp³-hybridized carbons (Fsp3) is 0.545. The van der Waals surface area contributed by atoms with Crippen LogP contribution in [0.4, 0.5) is 5.82 Å². The second-order valence-electron chi connectivity index (χ2n) is 4.21. The maximum Gasteiger partial charge on any atom is 0.315 e. The standard InChI is InChI=1S/C11H15N3O4/c1-7-5-9(13-18-7)12-10(15)11(16)14-3-4-17-8(2)6-14/h5,8H,3-4,6H2,1-2H3,(H,12,13,15).